The molecule has 1 aliphatic heterocycles. The largest absolute Gasteiger partial charge is 0.380 e. The van der Waals surface area contributed by atoms with Crippen LogP contribution in [0, 0.1) is 5.41 Å². The first-order valence-electron chi connectivity index (χ1n) is 8.67. The lowest BCUT2D eigenvalue weighted by atomic mass is 9.91. The Labute approximate surface area is 142 Å². The highest BCUT2D eigenvalue weighted by Crippen LogP contribution is 2.20. The number of hydrogen-bond donors (Lipinski definition) is 2. The molecule has 0 aromatic rings. The van der Waals surface area contributed by atoms with E-state index in [1.165, 1.54) is 6.42 Å². The first kappa shape index (κ1) is 20.2. The van der Waals surface area contributed by atoms with E-state index in [4.69, 9.17) is 9.47 Å². The van der Waals surface area contributed by atoms with Crippen LogP contribution >= 0.6 is 12.6 Å². The molecule has 0 bridgehead atoms. The summed E-state index contributed by atoms with van der Waals surface area (Å²) in [5, 5.41) is 3.80. The van der Waals surface area contributed by atoms with E-state index in [1.807, 2.05) is 0 Å². The molecule has 2 atom stereocenters. The van der Waals surface area contributed by atoms with Gasteiger partial charge in [-0.25, -0.2) is 0 Å². The maximum absolute atomic E-state index is 5.80. The highest BCUT2D eigenvalue weighted by atomic mass is 32.1. The molecule has 1 saturated heterocycles. The summed E-state index contributed by atoms with van der Waals surface area (Å²) in [5.74, 6) is 0. The van der Waals surface area contributed by atoms with E-state index in [-0.39, 0.29) is 0 Å². The molecule has 1 rings (SSSR count). The van der Waals surface area contributed by atoms with Gasteiger partial charge in [-0.1, -0.05) is 27.7 Å². The van der Waals surface area contributed by atoms with Crippen molar-refractivity contribution in [3.8, 4) is 0 Å². The van der Waals surface area contributed by atoms with Crippen molar-refractivity contribution in [2.45, 2.75) is 51.9 Å². The Hall–Kier alpha value is 0.190. The van der Waals surface area contributed by atoms with Crippen molar-refractivity contribution in [3.63, 3.8) is 0 Å². The Bertz CT molecular complexity index is 282. The fraction of sp³-hybridized carbons (Fsp3) is 1.00. The molecule has 0 aromatic carbocycles. The van der Waals surface area contributed by atoms with Crippen LogP contribution in [0.2, 0.25) is 0 Å². The van der Waals surface area contributed by atoms with Gasteiger partial charge in [0.05, 0.1) is 19.3 Å². The van der Waals surface area contributed by atoms with Gasteiger partial charge in [0.15, 0.2) is 0 Å². The summed E-state index contributed by atoms with van der Waals surface area (Å²) < 4.78 is 11.6. The Kier molecular flexibility index (Phi) is 10.00. The van der Waals surface area contributed by atoms with Crippen molar-refractivity contribution in [3.05, 3.63) is 0 Å². The highest BCUT2D eigenvalue weighted by molar-refractivity contribution is 7.80. The van der Waals surface area contributed by atoms with Crippen LogP contribution in [-0.4, -0.2) is 68.8 Å². The van der Waals surface area contributed by atoms with Gasteiger partial charge in [0, 0.05) is 44.6 Å². The van der Waals surface area contributed by atoms with E-state index in [1.54, 1.807) is 0 Å². The van der Waals surface area contributed by atoms with E-state index >= 15 is 0 Å². The minimum Gasteiger partial charge on any atom is -0.380 e. The third-order valence-corrected chi connectivity index (χ3v) is 3.98. The number of morpholine rings is 1. The quantitative estimate of drug-likeness (QED) is 0.476. The van der Waals surface area contributed by atoms with Gasteiger partial charge in [-0.05, 0) is 18.3 Å². The summed E-state index contributed by atoms with van der Waals surface area (Å²) in [5.41, 5.74) is 0.415. The van der Waals surface area contributed by atoms with Gasteiger partial charge in [0.1, 0.15) is 0 Å². The second kappa shape index (κ2) is 10.9. The van der Waals surface area contributed by atoms with Gasteiger partial charge in [-0.2, -0.15) is 12.6 Å². The van der Waals surface area contributed by atoms with Gasteiger partial charge in [-0.3, -0.25) is 4.90 Å². The molecule has 0 aliphatic carbocycles. The zero-order valence-corrected chi connectivity index (χ0v) is 15.8. The average molecular weight is 333 g/mol. The van der Waals surface area contributed by atoms with Crippen LogP contribution in [0.1, 0.15) is 40.5 Å². The molecule has 22 heavy (non-hydrogen) atoms. The monoisotopic (exact) mass is 332 g/mol. The molecule has 1 heterocycles. The molecule has 4 nitrogen and oxygen atoms in total. The first-order chi connectivity index (χ1) is 10.4. The normalized spacial score (nSPS) is 22.0. The molecule has 0 aromatic heterocycles. The maximum atomic E-state index is 5.80. The lowest BCUT2D eigenvalue weighted by Gasteiger charge is -2.33. The number of rotatable bonds is 10. The van der Waals surface area contributed by atoms with Gasteiger partial charge in [0.25, 0.3) is 0 Å². The minimum atomic E-state index is 0.293. The van der Waals surface area contributed by atoms with Gasteiger partial charge >= 0.3 is 0 Å². The SMILES string of the molecule is CC(S)CNCC1CN(CCOCCCC(C)(C)C)CCO1. The van der Waals surface area contributed by atoms with E-state index in [2.05, 4.69) is 50.5 Å². The van der Waals surface area contributed by atoms with Gasteiger partial charge < -0.3 is 14.8 Å². The average Bonchev–Trinajstić information content (AvgIpc) is 2.41. The number of thiol groups is 1. The Morgan fingerprint density at radius 1 is 1.36 bits per heavy atom. The van der Waals surface area contributed by atoms with E-state index < -0.39 is 0 Å². The highest BCUT2D eigenvalue weighted by Gasteiger charge is 2.19. The van der Waals surface area contributed by atoms with Crippen LogP contribution in [0.5, 0.6) is 0 Å². The van der Waals surface area contributed by atoms with Crippen LogP contribution < -0.4 is 5.32 Å². The molecule has 1 aliphatic rings. The fourth-order valence-corrected chi connectivity index (χ4v) is 2.69. The molecular formula is C17H36N2O2S. The van der Waals surface area contributed by atoms with Crippen molar-refractivity contribution in [2.24, 2.45) is 5.41 Å². The molecule has 0 radical (unpaired) electrons. The number of hydrogen-bond acceptors (Lipinski definition) is 5. The van der Waals surface area contributed by atoms with Crippen molar-refractivity contribution in [1.29, 1.82) is 0 Å². The maximum Gasteiger partial charge on any atom is 0.0826 e. The fourth-order valence-electron chi connectivity index (χ4n) is 2.56. The zero-order valence-electron chi connectivity index (χ0n) is 14.9. The van der Waals surface area contributed by atoms with Crippen LogP contribution in [0.4, 0.5) is 0 Å². The van der Waals surface area contributed by atoms with E-state index in [9.17, 15) is 0 Å². The smallest absolute Gasteiger partial charge is 0.0826 e. The second-order valence-corrected chi connectivity index (χ2v) is 8.46. The minimum absolute atomic E-state index is 0.293. The second-order valence-electron chi connectivity index (χ2n) is 7.58. The summed E-state index contributed by atoms with van der Waals surface area (Å²) in [6, 6.07) is 0. The molecule has 5 heteroatoms. The zero-order chi connectivity index (χ0) is 16.4. The van der Waals surface area contributed by atoms with Crippen molar-refractivity contribution >= 4 is 12.6 Å². The number of nitrogens with zero attached hydrogens (tertiary/aromatic N) is 1. The standard InChI is InChI=1S/C17H36N2O2S/c1-15(22)12-18-13-16-14-19(8-11-21-16)7-10-20-9-5-6-17(2,3)4/h15-16,18,22H,5-14H2,1-4H3. The molecule has 0 spiro atoms. The summed E-state index contributed by atoms with van der Waals surface area (Å²) in [7, 11) is 0. The van der Waals surface area contributed by atoms with Gasteiger partial charge in [-0.15, -0.1) is 0 Å². The van der Waals surface area contributed by atoms with E-state index in [0.717, 1.165) is 59.0 Å². The molecule has 1 fully saturated rings. The predicted octanol–water partition coefficient (Wildman–Crippen LogP) is 2.44. The van der Waals surface area contributed by atoms with Crippen molar-refractivity contribution < 1.29 is 9.47 Å². The molecule has 132 valence electrons. The Morgan fingerprint density at radius 2 is 2.14 bits per heavy atom. The lowest BCUT2D eigenvalue weighted by Crippen LogP contribution is -2.48. The third-order valence-electron chi connectivity index (χ3n) is 3.80. The number of ether oxygens (including phenoxy) is 2. The van der Waals surface area contributed by atoms with Gasteiger partial charge in [0.2, 0.25) is 0 Å². The summed E-state index contributed by atoms with van der Waals surface area (Å²) in [6.07, 6.45) is 2.67. The summed E-state index contributed by atoms with van der Waals surface area (Å²) in [4.78, 5) is 2.45. The van der Waals surface area contributed by atoms with Crippen LogP contribution in [0.15, 0.2) is 0 Å². The summed E-state index contributed by atoms with van der Waals surface area (Å²) in [6.45, 7) is 16.4. The third kappa shape index (κ3) is 10.8. The van der Waals surface area contributed by atoms with Crippen LogP contribution in [-0.2, 0) is 9.47 Å². The van der Waals surface area contributed by atoms with Crippen molar-refractivity contribution in [1.82, 2.24) is 10.2 Å². The Morgan fingerprint density at radius 3 is 2.82 bits per heavy atom. The van der Waals surface area contributed by atoms with E-state index in [0.29, 0.717) is 16.8 Å². The molecule has 1 N–H and O–H groups in total. The number of nitrogens with one attached hydrogen (secondary N) is 1. The van der Waals surface area contributed by atoms with Crippen LogP contribution in [0.25, 0.3) is 0 Å². The van der Waals surface area contributed by atoms with Crippen LogP contribution in [0.3, 0.4) is 0 Å². The molecule has 2 unspecified atom stereocenters. The molecule has 0 saturated carbocycles. The topological polar surface area (TPSA) is 33.7 Å². The molecule has 0 amide bonds. The first-order valence-corrected chi connectivity index (χ1v) is 9.19. The predicted molar refractivity (Wildman–Crippen MR) is 97.0 cm³/mol. The summed E-state index contributed by atoms with van der Waals surface area (Å²) >= 11 is 4.38. The lowest BCUT2D eigenvalue weighted by molar-refractivity contribution is -0.0350. The molecular weight excluding hydrogens is 296 g/mol. The van der Waals surface area contributed by atoms with Crippen molar-refractivity contribution in [2.75, 3.05) is 52.5 Å². The Balaban J connectivity index is 2.03.